The summed E-state index contributed by atoms with van der Waals surface area (Å²) in [5.41, 5.74) is 1.58. The van der Waals surface area contributed by atoms with Crippen molar-refractivity contribution in [3.8, 4) is 0 Å². The van der Waals surface area contributed by atoms with Gasteiger partial charge in [0.25, 0.3) is 0 Å². The van der Waals surface area contributed by atoms with Crippen molar-refractivity contribution in [2.75, 3.05) is 11.4 Å². The molecule has 23 heavy (non-hydrogen) atoms. The molecule has 1 aliphatic rings. The molecule has 2 N–H and O–H groups in total. The van der Waals surface area contributed by atoms with E-state index in [0.29, 0.717) is 12.2 Å². The molecule has 7 heteroatoms. The normalized spacial score (nSPS) is 14.7. The van der Waals surface area contributed by atoms with Crippen molar-refractivity contribution in [3.05, 3.63) is 59.2 Å². The minimum atomic E-state index is -3.82. The molecule has 3 rings (SSSR count). The Morgan fingerprint density at radius 2 is 1.83 bits per heavy atom. The predicted octanol–water partition coefficient (Wildman–Crippen LogP) is 2.57. The fraction of sp³-hybridized carbons (Fsp3) is 0.250. The Morgan fingerprint density at radius 1 is 1.13 bits per heavy atom. The van der Waals surface area contributed by atoms with Crippen LogP contribution in [0, 0.1) is 11.6 Å². The Bertz CT molecular complexity index is 833. The quantitative estimate of drug-likeness (QED) is 0.935. The number of nitrogens with zero attached hydrogens (tertiary/aromatic N) is 1. The molecule has 2 aromatic carbocycles. The first kappa shape index (κ1) is 15.9. The van der Waals surface area contributed by atoms with E-state index in [9.17, 15) is 17.2 Å². The summed E-state index contributed by atoms with van der Waals surface area (Å²) >= 11 is 0. The summed E-state index contributed by atoms with van der Waals surface area (Å²) in [6.45, 7) is 0.633. The van der Waals surface area contributed by atoms with Crippen LogP contribution in [0.1, 0.15) is 17.5 Å². The van der Waals surface area contributed by atoms with Crippen LogP contribution in [0.4, 0.5) is 14.5 Å². The number of hydrogen-bond acceptors (Lipinski definition) is 3. The van der Waals surface area contributed by atoms with Crippen molar-refractivity contribution in [2.45, 2.75) is 24.3 Å². The van der Waals surface area contributed by atoms with E-state index in [1.54, 1.807) is 11.0 Å². The lowest BCUT2D eigenvalue weighted by molar-refractivity contribution is 0.545. The average molecular weight is 338 g/mol. The van der Waals surface area contributed by atoms with E-state index < -0.39 is 21.7 Å². The summed E-state index contributed by atoms with van der Waals surface area (Å²) < 4.78 is 50.8. The molecule has 0 bridgehead atoms. The zero-order chi connectivity index (χ0) is 16.6. The average Bonchev–Trinajstić information content (AvgIpc) is 2.50. The summed E-state index contributed by atoms with van der Waals surface area (Å²) in [7, 11) is -3.82. The number of anilines is 1. The van der Waals surface area contributed by atoms with Crippen molar-refractivity contribution in [1.29, 1.82) is 0 Å². The molecule has 0 aromatic heterocycles. The zero-order valence-corrected chi connectivity index (χ0v) is 13.1. The third-order valence-corrected chi connectivity index (χ3v) is 4.92. The van der Waals surface area contributed by atoms with Gasteiger partial charge in [-0.1, -0.05) is 12.1 Å². The Hall–Kier alpha value is -1.99. The molecule has 2 aromatic rings. The van der Waals surface area contributed by atoms with Crippen LogP contribution in [0.15, 0.2) is 41.3 Å². The number of primary sulfonamides is 1. The number of benzene rings is 2. The van der Waals surface area contributed by atoms with E-state index in [1.165, 1.54) is 30.3 Å². The largest absolute Gasteiger partial charge is 0.367 e. The molecule has 0 radical (unpaired) electrons. The Kier molecular flexibility index (Phi) is 4.08. The number of aryl methyl sites for hydroxylation is 1. The van der Waals surface area contributed by atoms with Gasteiger partial charge in [-0.05, 0) is 42.7 Å². The molecule has 0 saturated heterocycles. The second-order valence-corrected chi connectivity index (χ2v) is 7.12. The molecule has 1 aliphatic heterocycles. The third-order valence-electron chi connectivity index (χ3n) is 4.01. The number of rotatable bonds is 3. The standard InChI is InChI=1S/C16H16F2N2O2S/c17-14-4-1-5-15(18)13(14)10-20-8-2-3-11-6-7-12(9-16(11)20)23(19,21)22/h1,4-7,9H,2-3,8,10H2,(H2,19,21,22). The number of sulfonamides is 1. The van der Waals surface area contributed by atoms with Gasteiger partial charge in [0, 0.05) is 24.3 Å². The van der Waals surface area contributed by atoms with Crippen LogP contribution in [-0.4, -0.2) is 15.0 Å². The number of hydrogen-bond donors (Lipinski definition) is 1. The van der Waals surface area contributed by atoms with E-state index in [0.717, 1.165) is 18.4 Å². The minimum Gasteiger partial charge on any atom is -0.367 e. The van der Waals surface area contributed by atoms with Gasteiger partial charge in [0.2, 0.25) is 10.0 Å². The Balaban J connectivity index is 2.01. The van der Waals surface area contributed by atoms with Gasteiger partial charge in [0.1, 0.15) is 11.6 Å². The van der Waals surface area contributed by atoms with Crippen LogP contribution in [0.5, 0.6) is 0 Å². The number of halogens is 2. The summed E-state index contributed by atoms with van der Waals surface area (Å²) in [6.07, 6.45) is 1.62. The molecule has 0 atom stereocenters. The van der Waals surface area contributed by atoms with Crippen LogP contribution < -0.4 is 10.0 Å². The summed E-state index contributed by atoms with van der Waals surface area (Å²) in [6, 6.07) is 8.38. The fourth-order valence-corrected chi connectivity index (χ4v) is 3.38. The lowest BCUT2D eigenvalue weighted by Crippen LogP contribution is -2.30. The third kappa shape index (κ3) is 3.20. The van der Waals surface area contributed by atoms with Crippen LogP contribution >= 0.6 is 0 Å². The van der Waals surface area contributed by atoms with E-state index in [2.05, 4.69) is 0 Å². The molecule has 0 unspecified atom stereocenters. The summed E-state index contributed by atoms with van der Waals surface area (Å²) in [5, 5.41) is 5.17. The van der Waals surface area contributed by atoms with Crippen LogP contribution in [-0.2, 0) is 23.0 Å². The lowest BCUT2D eigenvalue weighted by atomic mass is 10.0. The summed E-state index contributed by atoms with van der Waals surface area (Å²) in [4.78, 5) is 1.78. The Morgan fingerprint density at radius 3 is 2.48 bits per heavy atom. The zero-order valence-electron chi connectivity index (χ0n) is 12.3. The van der Waals surface area contributed by atoms with Gasteiger partial charge in [-0.25, -0.2) is 22.3 Å². The fourth-order valence-electron chi connectivity index (χ4n) is 2.85. The number of fused-ring (bicyclic) bond motifs is 1. The SMILES string of the molecule is NS(=O)(=O)c1ccc2c(c1)N(Cc1c(F)cccc1F)CCC2. The van der Waals surface area contributed by atoms with Crippen molar-refractivity contribution < 1.29 is 17.2 Å². The highest BCUT2D eigenvalue weighted by molar-refractivity contribution is 7.89. The first-order valence-electron chi connectivity index (χ1n) is 7.20. The van der Waals surface area contributed by atoms with Crippen molar-refractivity contribution >= 4 is 15.7 Å². The maximum absolute atomic E-state index is 13.9. The first-order chi connectivity index (χ1) is 10.9. The second-order valence-electron chi connectivity index (χ2n) is 5.56. The van der Waals surface area contributed by atoms with Gasteiger partial charge in [0.15, 0.2) is 0 Å². The highest BCUT2D eigenvalue weighted by Gasteiger charge is 2.22. The van der Waals surface area contributed by atoms with Crippen LogP contribution in [0.2, 0.25) is 0 Å². The van der Waals surface area contributed by atoms with Crippen molar-refractivity contribution in [1.82, 2.24) is 0 Å². The Labute approximate surface area is 133 Å². The minimum absolute atomic E-state index is 0.00263. The maximum Gasteiger partial charge on any atom is 0.238 e. The highest BCUT2D eigenvalue weighted by atomic mass is 32.2. The molecule has 1 heterocycles. The van der Waals surface area contributed by atoms with Gasteiger partial charge in [0.05, 0.1) is 4.90 Å². The van der Waals surface area contributed by atoms with Gasteiger partial charge < -0.3 is 4.90 Å². The number of nitrogens with two attached hydrogens (primary N) is 1. The highest BCUT2D eigenvalue weighted by Crippen LogP contribution is 2.31. The van der Waals surface area contributed by atoms with E-state index in [4.69, 9.17) is 5.14 Å². The molecule has 0 aliphatic carbocycles. The van der Waals surface area contributed by atoms with Crippen molar-refractivity contribution in [3.63, 3.8) is 0 Å². The van der Waals surface area contributed by atoms with Gasteiger partial charge in [-0.2, -0.15) is 0 Å². The molecule has 122 valence electrons. The van der Waals surface area contributed by atoms with Gasteiger partial charge in [-0.3, -0.25) is 0 Å². The first-order valence-corrected chi connectivity index (χ1v) is 8.74. The molecular weight excluding hydrogens is 322 g/mol. The van der Waals surface area contributed by atoms with E-state index in [-0.39, 0.29) is 17.0 Å². The van der Waals surface area contributed by atoms with Crippen molar-refractivity contribution in [2.24, 2.45) is 5.14 Å². The van der Waals surface area contributed by atoms with Crippen LogP contribution in [0.25, 0.3) is 0 Å². The van der Waals surface area contributed by atoms with Gasteiger partial charge in [-0.15, -0.1) is 0 Å². The summed E-state index contributed by atoms with van der Waals surface area (Å²) in [5.74, 6) is -1.22. The molecule has 0 fully saturated rings. The van der Waals surface area contributed by atoms with E-state index in [1.807, 2.05) is 0 Å². The smallest absolute Gasteiger partial charge is 0.238 e. The molecule has 0 spiro atoms. The molecule has 0 saturated carbocycles. The molecule has 0 amide bonds. The molecular formula is C16H16F2N2O2S. The second kappa shape index (κ2) is 5.90. The lowest BCUT2D eigenvalue weighted by Gasteiger charge is -2.32. The topological polar surface area (TPSA) is 63.4 Å². The maximum atomic E-state index is 13.9. The monoisotopic (exact) mass is 338 g/mol. The molecule has 4 nitrogen and oxygen atoms in total. The predicted molar refractivity (Wildman–Crippen MR) is 83.5 cm³/mol. The van der Waals surface area contributed by atoms with Crippen LogP contribution in [0.3, 0.4) is 0 Å². The van der Waals surface area contributed by atoms with E-state index >= 15 is 0 Å². The van der Waals surface area contributed by atoms with Gasteiger partial charge >= 0.3 is 0 Å².